The number of ether oxygens (including phenoxy) is 1. The number of benzene rings is 2. The van der Waals surface area contributed by atoms with Crippen LogP contribution in [0.4, 0.5) is 8.78 Å². The molecule has 0 saturated carbocycles. The molecule has 6 nitrogen and oxygen atoms in total. The lowest BCUT2D eigenvalue weighted by Crippen LogP contribution is -2.39. The Hall–Kier alpha value is -2.45. The van der Waals surface area contributed by atoms with Crippen molar-refractivity contribution in [1.82, 2.24) is 10.6 Å². The molecule has 0 bridgehead atoms. The van der Waals surface area contributed by atoms with Crippen LogP contribution >= 0.6 is 24.0 Å². The summed E-state index contributed by atoms with van der Waals surface area (Å²) in [5, 5.41) is 25.4. The molecular weight excluding hydrogens is 493 g/mol. The van der Waals surface area contributed by atoms with E-state index in [4.69, 9.17) is 5.26 Å². The number of hydrogen-bond acceptors (Lipinski definition) is 4. The predicted octanol–water partition coefficient (Wildman–Crippen LogP) is 3.57. The lowest BCUT2D eigenvalue weighted by atomic mass is 10.1. The zero-order chi connectivity index (χ0) is 20.4. The highest BCUT2D eigenvalue weighted by Crippen LogP contribution is 2.19. The average Bonchev–Trinajstić information content (AvgIpc) is 2.70. The fourth-order valence-electron chi connectivity index (χ4n) is 2.43. The van der Waals surface area contributed by atoms with Gasteiger partial charge in [-0.05, 0) is 42.3 Å². The largest absolute Gasteiger partial charge is 0.435 e. The van der Waals surface area contributed by atoms with Gasteiger partial charge in [0.25, 0.3) is 0 Å². The number of aliphatic hydroxyl groups is 1. The number of alkyl halides is 2. The first-order valence-corrected chi connectivity index (χ1v) is 8.76. The molecule has 1 atom stereocenters. The summed E-state index contributed by atoms with van der Waals surface area (Å²) in [4.78, 5) is 4.44. The van der Waals surface area contributed by atoms with Crippen LogP contribution in [0.2, 0.25) is 0 Å². The SMILES string of the molecule is CCNC(=NCc1cccc(C#N)c1)NCC(O)c1ccc(OC(F)F)cc1.I. The highest BCUT2D eigenvalue weighted by Gasteiger charge is 2.10. The van der Waals surface area contributed by atoms with Crippen molar-refractivity contribution in [3.63, 3.8) is 0 Å². The molecule has 0 aromatic heterocycles. The number of nitrogens with one attached hydrogen (secondary N) is 2. The lowest BCUT2D eigenvalue weighted by Gasteiger charge is -2.16. The number of nitrogens with zero attached hydrogens (tertiary/aromatic N) is 2. The molecule has 0 radical (unpaired) electrons. The molecule has 0 spiro atoms. The summed E-state index contributed by atoms with van der Waals surface area (Å²) in [6.45, 7) is 0.232. The topological polar surface area (TPSA) is 89.7 Å². The number of aliphatic imine (C=N–C) groups is 1. The monoisotopic (exact) mass is 516 g/mol. The fraction of sp³-hybridized carbons (Fsp3) is 0.300. The van der Waals surface area contributed by atoms with Gasteiger partial charge in [-0.2, -0.15) is 14.0 Å². The minimum atomic E-state index is -2.88. The van der Waals surface area contributed by atoms with Crippen LogP contribution in [0.1, 0.15) is 29.7 Å². The van der Waals surface area contributed by atoms with Crippen LogP contribution in [0.5, 0.6) is 5.75 Å². The third kappa shape index (κ3) is 8.62. The Labute approximate surface area is 185 Å². The second-order valence-corrected chi connectivity index (χ2v) is 5.85. The van der Waals surface area contributed by atoms with Crippen molar-refractivity contribution in [2.45, 2.75) is 26.2 Å². The molecule has 3 N–H and O–H groups in total. The Bertz CT molecular complexity index is 826. The first-order chi connectivity index (χ1) is 13.5. The van der Waals surface area contributed by atoms with Crippen LogP contribution in [0, 0.1) is 11.3 Å². The van der Waals surface area contributed by atoms with Gasteiger partial charge in [0.05, 0.1) is 24.3 Å². The highest BCUT2D eigenvalue weighted by atomic mass is 127. The summed E-state index contributed by atoms with van der Waals surface area (Å²) in [5.74, 6) is 0.551. The van der Waals surface area contributed by atoms with Gasteiger partial charge in [0, 0.05) is 13.1 Å². The van der Waals surface area contributed by atoms with Crippen LogP contribution in [0.15, 0.2) is 53.5 Å². The van der Waals surface area contributed by atoms with E-state index in [9.17, 15) is 13.9 Å². The summed E-state index contributed by atoms with van der Waals surface area (Å²) in [5.41, 5.74) is 2.03. The van der Waals surface area contributed by atoms with Crippen molar-refractivity contribution in [3.8, 4) is 11.8 Å². The molecule has 0 heterocycles. The molecule has 29 heavy (non-hydrogen) atoms. The van der Waals surface area contributed by atoms with E-state index in [1.54, 1.807) is 18.2 Å². The summed E-state index contributed by atoms with van der Waals surface area (Å²) >= 11 is 0. The van der Waals surface area contributed by atoms with Crippen molar-refractivity contribution in [1.29, 1.82) is 5.26 Å². The molecule has 1 unspecified atom stereocenters. The van der Waals surface area contributed by atoms with Crippen LogP contribution in [-0.4, -0.2) is 30.8 Å². The molecule has 0 aliphatic rings. The molecule has 0 aliphatic heterocycles. The van der Waals surface area contributed by atoms with Crippen LogP contribution in [-0.2, 0) is 6.54 Å². The minimum absolute atomic E-state index is 0. The zero-order valence-electron chi connectivity index (χ0n) is 15.8. The number of halogens is 3. The molecule has 0 amide bonds. The van der Waals surface area contributed by atoms with Crippen molar-refractivity contribution in [3.05, 3.63) is 65.2 Å². The van der Waals surface area contributed by atoms with Crippen LogP contribution in [0.3, 0.4) is 0 Å². The quantitative estimate of drug-likeness (QED) is 0.284. The van der Waals surface area contributed by atoms with E-state index in [2.05, 4.69) is 26.4 Å². The van der Waals surface area contributed by atoms with E-state index in [0.717, 1.165) is 5.56 Å². The maximum atomic E-state index is 12.2. The number of nitriles is 1. The summed E-state index contributed by atoms with van der Waals surface area (Å²) in [6, 6.07) is 15.1. The van der Waals surface area contributed by atoms with E-state index < -0.39 is 12.7 Å². The smallest absolute Gasteiger partial charge is 0.387 e. The predicted molar refractivity (Wildman–Crippen MR) is 117 cm³/mol. The van der Waals surface area contributed by atoms with Gasteiger partial charge in [-0.15, -0.1) is 24.0 Å². The molecular formula is C20H23F2IN4O2. The Morgan fingerprint density at radius 1 is 1.21 bits per heavy atom. The van der Waals surface area contributed by atoms with Gasteiger partial charge in [-0.25, -0.2) is 4.99 Å². The van der Waals surface area contributed by atoms with E-state index >= 15 is 0 Å². The Balaban J connectivity index is 0.00000420. The second-order valence-electron chi connectivity index (χ2n) is 5.85. The van der Waals surface area contributed by atoms with Crippen molar-refractivity contribution < 1.29 is 18.6 Å². The Kier molecular flexibility index (Phi) is 10.9. The van der Waals surface area contributed by atoms with Crippen LogP contribution in [0.25, 0.3) is 0 Å². The highest BCUT2D eigenvalue weighted by molar-refractivity contribution is 14.0. The van der Waals surface area contributed by atoms with E-state index in [1.165, 1.54) is 24.3 Å². The number of guanidine groups is 1. The third-order valence-electron chi connectivity index (χ3n) is 3.77. The Morgan fingerprint density at radius 2 is 1.93 bits per heavy atom. The van der Waals surface area contributed by atoms with Gasteiger partial charge in [0.15, 0.2) is 5.96 Å². The summed E-state index contributed by atoms with van der Waals surface area (Å²) < 4.78 is 28.7. The minimum Gasteiger partial charge on any atom is -0.435 e. The maximum Gasteiger partial charge on any atom is 0.387 e. The second kappa shape index (κ2) is 12.9. The molecule has 0 aliphatic carbocycles. The first-order valence-electron chi connectivity index (χ1n) is 8.76. The maximum absolute atomic E-state index is 12.2. The van der Waals surface area contributed by atoms with E-state index in [0.29, 0.717) is 30.2 Å². The standard InChI is InChI=1S/C20H22F2N4O2.HI/c1-2-24-20(25-12-15-5-3-4-14(10-15)11-23)26-13-18(27)16-6-8-17(9-7-16)28-19(21)22;/h3-10,18-19,27H,2,12-13H2,1H3,(H2,24,25,26);1H. The Morgan fingerprint density at radius 3 is 2.55 bits per heavy atom. The lowest BCUT2D eigenvalue weighted by molar-refractivity contribution is -0.0498. The van der Waals surface area contributed by atoms with Crippen LogP contribution < -0.4 is 15.4 Å². The van der Waals surface area contributed by atoms with E-state index in [-0.39, 0.29) is 36.3 Å². The third-order valence-corrected chi connectivity index (χ3v) is 3.77. The van der Waals surface area contributed by atoms with Crippen molar-refractivity contribution in [2.75, 3.05) is 13.1 Å². The molecule has 2 aromatic carbocycles. The number of rotatable bonds is 8. The molecule has 156 valence electrons. The van der Waals surface area contributed by atoms with Crippen molar-refractivity contribution >= 4 is 29.9 Å². The average molecular weight is 516 g/mol. The van der Waals surface area contributed by atoms with Gasteiger partial charge in [-0.3, -0.25) is 0 Å². The molecule has 2 rings (SSSR count). The van der Waals surface area contributed by atoms with Gasteiger partial charge in [-0.1, -0.05) is 24.3 Å². The van der Waals surface area contributed by atoms with Crippen molar-refractivity contribution in [2.24, 2.45) is 4.99 Å². The molecule has 2 aromatic rings. The first kappa shape index (κ1) is 24.6. The number of hydrogen-bond donors (Lipinski definition) is 3. The molecule has 9 heteroatoms. The molecule has 0 fully saturated rings. The summed E-state index contributed by atoms with van der Waals surface area (Å²) in [6.07, 6.45) is -0.855. The van der Waals surface area contributed by atoms with Gasteiger partial charge >= 0.3 is 6.61 Å². The number of aliphatic hydroxyl groups excluding tert-OH is 1. The normalized spacial score (nSPS) is 11.9. The zero-order valence-corrected chi connectivity index (χ0v) is 18.1. The van der Waals surface area contributed by atoms with E-state index in [1.807, 2.05) is 13.0 Å². The fourth-order valence-corrected chi connectivity index (χ4v) is 2.43. The molecule has 0 saturated heterocycles. The summed E-state index contributed by atoms with van der Waals surface area (Å²) in [7, 11) is 0. The van der Waals surface area contributed by atoms with Gasteiger partial charge < -0.3 is 20.5 Å². The van der Waals surface area contributed by atoms with Gasteiger partial charge in [0.1, 0.15) is 5.75 Å². The van der Waals surface area contributed by atoms with Gasteiger partial charge in [0.2, 0.25) is 0 Å².